The molecule has 1 aromatic carbocycles. The summed E-state index contributed by atoms with van der Waals surface area (Å²) in [7, 11) is -3.58. The summed E-state index contributed by atoms with van der Waals surface area (Å²) in [6.45, 7) is 9.04. The average molecular weight is 396 g/mol. The SMILES string of the molecule is CCCN(CCC)S(=O)(=O)c1ccc(C(=O)N2CCNC(=O)C2(C)C)cc1. The first-order valence-corrected chi connectivity index (χ1v) is 10.8. The van der Waals surface area contributed by atoms with E-state index in [1.165, 1.54) is 33.5 Å². The summed E-state index contributed by atoms with van der Waals surface area (Å²) in [6.07, 6.45) is 1.48. The molecular formula is C19H29N3O4S. The maximum absolute atomic E-state index is 12.8. The molecule has 0 saturated carbocycles. The Hall–Kier alpha value is -1.93. The van der Waals surface area contributed by atoms with E-state index >= 15 is 0 Å². The predicted molar refractivity (Wildman–Crippen MR) is 104 cm³/mol. The average Bonchev–Trinajstić information content (AvgIpc) is 2.63. The predicted octanol–water partition coefficient (Wildman–Crippen LogP) is 1.85. The van der Waals surface area contributed by atoms with Crippen molar-refractivity contribution in [3.63, 3.8) is 0 Å². The molecule has 1 aliphatic rings. The quantitative estimate of drug-likeness (QED) is 0.763. The second-order valence-corrected chi connectivity index (χ2v) is 9.14. The van der Waals surface area contributed by atoms with E-state index in [-0.39, 0.29) is 16.7 Å². The van der Waals surface area contributed by atoms with E-state index in [4.69, 9.17) is 0 Å². The number of hydrogen-bond donors (Lipinski definition) is 1. The first-order valence-electron chi connectivity index (χ1n) is 9.36. The summed E-state index contributed by atoms with van der Waals surface area (Å²) >= 11 is 0. The van der Waals surface area contributed by atoms with E-state index in [9.17, 15) is 18.0 Å². The molecule has 2 amide bonds. The van der Waals surface area contributed by atoms with Crippen molar-refractivity contribution >= 4 is 21.8 Å². The molecule has 0 aliphatic carbocycles. The zero-order valence-corrected chi connectivity index (χ0v) is 17.3. The minimum absolute atomic E-state index is 0.177. The van der Waals surface area contributed by atoms with Crippen LogP contribution in [-0.4, -0.2) is 61.2 Å². The fraction of sp³-hybridized carbons (Fsp3) is 0.579. The Labute approximate surface area is 161 Å². The molecule has 2 rings (SSSR count). The highest BCUT2D eigenvalue weighted by molar-refractivity contribution is 7.89. The van der Waals surface area contributed by atoms with Gasteiger partial charge in [0, 0.05) is 31.7 Å². The Morgan fingerprint density at radius 3 is 2.22 bits per heavy atom. The van der Waals surface area contributed by atoms with Gasteiger partial charge in [0.1, 0.15) is 5.54 Å². The van der Waals surface area contributed by atoms with Gasteiger partial charge in [0.2, 0.25) is 15.9 Å². The number of benzene rings is 1. The van der Waals surface area contributed by atoms with Crippen LogP contribution in [0.3, 0.4) is 0 Å². The van der Waals surface area contributed by atoms with E-state index in [2.05, 4.69) is 5.32 Å². The topological polar surface area (TPSA) is 86.8 Å². The molecule has 0 aromatic heterocycles. The fourth-order valence-corrected chi connectivity index (χ4v) is 4.80. The molecule has 0 bridgehead atoms. The Kier molecular flexibility index (Phi) is 6.64. The van der Waals surface area contributed by atoms with Crippen LogP contribution >= 0.6 is 0 Å². The lowest BCUT2D eigenvalue weighted by Gasteiger charge is -2.41. The van der Waals surface area contributed by atoms with Crippen LogP contribution in [-0.2, 0) is 14.8 Å². The molecule has 1 aromatic rings. The Bertz CT molecular complexity index is 782. The number of piperazine rings is 1. The van der Waals surface area contributed by atoms with Crippen molar-refractivity contribution in [3.05, 3.63) is 29.8 Å². The maximum atomic E-state index is 12.8. The number of amides is 2. The van der Waals surface area contributed by atoms with E-state index in [1.807, 2.05) is 13.8 Å². The van der Waals surface area contributed by atoms with Gasteiger partial charge in [0.15, 0.2) is 0 Å². The van der Waals surface area contributed by atoms with E-state index in [0.717, 1.165) is 12.8 Å². The fourth-order valence-electron chi connectivity index (χ4n) is 3.18. The van der Waals surface area contributed by atoms with Crippen molar-refractivity contribution in [2.45, 2.75) is 51.0 Å². The molecule has 1 fully saturated rings. The summed E-state index contributed by atoms with van der Waals surface area (Å²) in [6, 6.07) is 5.98. The molecule has 1 saturated heterocycles. The van der Waals surface area contributed by atoms with Crippen LogP contribution in [0.1, 0.15) is 50.9 Å². The molecule has 1 heterocycles. The summed E-state index contributed by atoms with van der Waals surface area (Å²) in [5.74, 6) is -0.478. The largest absolute Gasteiger partial charge is 0.352 e. The van der Waals surface area contributed by atoms with Crippen molar-refractivity contribution in [1.29, 1.82) is 0 Å². The number of nitrogens with one attached hydrogen (secondary N) is 1. The van der Waals surface area contributed by atoms with Gasteiger partial charge in [-0.3, -0.25) is 9.59 Å². The van der Waals surface area contributed by atoms with E-state index in [0.29, 0.717) is 31.7 Å². The van der Waals surface area contributed by atoms with Gasteiger partial charge in [-0.25, -0.2) is 8.42 Å². The van der Waals surface area contributed by atoms with Crippen LogP contribution < -0.4 is 5.32 Å². The number of hydrogen-bond acceptors (Lipinski definition) is 4. The second-order valence-electron chi connectivity index (χ2n) is 7.20. The summed E-state index contributed by atoms with van der Waals surface area (Å²) in [5, 5.41) is 2.76. The smallest absolute Gasteiger partial charge is 0.254 e. The number of nitrogens with zero attached hydrogens (tertiary/aromatic N) is 2. The van der Waals surface area contributed by atoms with Crippen molar-refractivity contribution < 1.29 is 18.0 Å². The Morgan fingerprint density at radius 2 is 1.70 bits per heavy atom. The third-order valence-corrected chi connectivity index (χ3v) is 6.69. The molecule has 150 valence electrons. The van der Waals surface area contributed by atoms with Crippen LogP contribution in [0.15, 0.2) is 29.2 Å². The van der Waals surface area contributed by atoms with Gasteiger partial charge in [-0.05, 0) is 51.0 Å². The van der Waals surface area contributed by atoms with Crippen LogP contribution in [0, 0.1) is 0 Å². The molecule has 0 unspecified atom stereocenters. The molecule has 0 radical (unpaired) electrons. The third-order valence-electron chi connectivity index (χ3n) is 4.78. The van der Waals surface area contributed by atoms with Gasteiger partial charge in [-0.1, -0.05) is 13.8 Å². The zero-order chi connectivity index (χ0) is 20.2. The highest BCUT2D eigenvalue weighted by Gasteiger charge is 2.40. The molecule has 27 heavy (non-hydrogen) atoms. The standard InChI is InChI=1S/C19H29N3O4S/c1-5-12-21(13-6-2)27(25,26)16-9-7-15(8-10-16)17(23)22-14-11-20-18(24)19(22,3)4/h7-10H,5-6,11-14H2,1-4H3,(H,20,24). The molecule has 7 nitrogen and oxygen atoms in total. The lowest BCUT2D eigenvalue weighted by atomic mass is 9.97. The highest BCUT2D eigenvalue weighted by atomic mass is 32.2. The third kappa shape index (κ3) is 4.32. The van der Waals surface area contributed by atoms with Crippen LogP contribution in [0.25, 0.3) is 0 Å². The van der Waals surface area contributed by atoms with Gasteiger partial charge in [0.05, 0.1) is 4.90 Å². The number of sulfonamides is 1. The van der Waals surface area contributed by atoms with Gasteiger partial charge in [0.25, 0.3) is 5.91 Å². The number of carbonyl (C=O) groups is 2. The van der Waals surface area contributed by atoms with Crippen LogP contribution in [0.4, 0.5) is 0 Å². The summed E-state index contributed by atoms with van der Waals surface area (Å²) < 4.78 is 27.1. The molecule has 8 heteroatoms. The number of rotatable bonds is 7. The van der Waals surface area contributed by atoms with E-state index in [1.54, 1.807) is 13.8 Å². The minimum Gasteiger partial charge on any atom is -0.352 e. The summed E-state index contributed by atoms with van der Waals surface area (Å²) in [5.41, 5.74) is -0.576. The van der Waals surface area contributed by atoms with Crippen LogP contribution in [0.5, 0.6) is 0 Å². The lowest BCUT2D eigenvalue weighted by molar-refractivity contribution is -0.133. The second kappa shape index (κ2) is 8.39. The molecule has 0 atom stereocenters. The molecule has 1 N–H and O–H groups in total. The van der Waals surface area contributed by atoms with Gasteiger partial charge >= 0.3 is 0 Å². The summed E-state index contributed by atoms with van der Waals surface area (Å²) in [4.78, 5) is 26.6. The number of carbonyl (C=O) groups excluding carboxylic acids is 2. The van der Waals surface area contributed by atoms with Gasteiger partial charge in [-0.15, -0.1) is 0 Å². The van der Waals surface area contributed by atoms with Crippen LogP contribution in [0.2, 0.25) is 0 Å². The van der Waals surface area contributed by atoms with Gasteiger partial charge < -0.3 is 10.2 Å². The Balaban J connectivity index is 2.26. The molecule has 1 aliphatic heterocycles. The Morgan fingerprint density at radius 1 is 1.15 bits per heavy atom. The minimum atomic E-state index is -3.58. The van der Waals surface area contributed by atoms with Crippen molar-refractivity contribution in [2.75, 3.05) is 26.2 Å². The normalized spacial score (nSPS) is 17.1. The van der Waals surface area contributed by atoms with Crippen molar-refractivity contribution in [1.82, 2.24) is 14.5 Å². The highest BCUT2D eigenvalue weighted by Crippen LogP contribution is 2.22. The van der Waals surface area contributed by atoms with Gasteiger partial charge in [-0.2, -0.15) is 4.31 Å². The van der Waals surface area contributed by atoms with Crippen molar-refractivity contribution in [2.24, 2.45) is 0 Å². The van der Waals surface area contributed by atoms with E-state index < -0.39 is 15.6 Å². The molecular weight excluding hydrogens is 366 g/mol. The first-order chi connectivity index (χ1) is 12.7. The first kappa shape index (κ1) is 21.4. The monoisotopic (exact) mass is 395 g/mol. The molecule has 0 spiro atoms. The maximum Gasteiger partial charge on any atom is 0.254 e. The van der Waals surface area contributed by atoms with Crippen molar-refractivity contribution in [3.8, 4) is 0 Å². The lowest BCUT2D eigenvalue weighted by Crippen LogP contribution is -2.63. The zero-order valence-electron chi connectivity index (χ0n) is 16.5.